The Labute approximate surface area is 218 Å². The quantitative estimate of drug-likeness (QED) is 0.137. The van der Waals surface area contributed by atoms with Crippen LogP contribution in [0.4, 0.5) is 0 Å². The highest BCUT2D eigenvalue weighted by Crippen LogP contribution is 2.38. The molecule has 6 rings (SSSR count). The Morgan fingerprint density at radius 2 is 1.61 bits per heavy atom. The summed E-state index contributed by atoms with van der Waals surface area (Å²) in [7, 11) is 0. The highest BCUT2D eigenvalue weighted by molar-refractivity contribution is 6.15. The van der Waals surface area contributed by atoms with E-state index in [-0.39, 0.29) is 22.9 Å². The van der Waals surface area contributed by atoms with E-state index in [1.165, 1.54) is 0 Å². The number of hydrogen-bond acceptors (Lipinski definition) is 6. The molecule has 1 aliphatic heterocycles. The van der Waals surface area contributed by atoms with Gasteiger partial charge in [0.05, 0.1) is 12.2 Å². The Bertz CT molecular complexity index is 1700. The largest absolute Gasteiger partial charge is 0.494 e. The maximum atomic E-state index is 13.6. The molecule has 4 aromatic carbocycles. The summed E-state index contributed by atoms with van der Waals surface area (Å²) < 4.78 is 23.4. The van der Waals surface area contributed by atoms with Gasteiger partial charge in [0.2, 0.25) is 5.78 Å². The van der Waals surface area contributed by atoms with Crippen LogP contribution in [0.15, 0.2) is 107 Å². The fraction of sp³-hybridized carbons (Fsp3) is 0.0625. The van der Waals surface area contributed by atoms with Crippen LogP contribution >= 0.6 is 0 Å². The zero-order valence-electron chi connectivity index (χ0n) is 20.5. The van der Waals surface area contributed by atoms with Crippen LogP contribution < -0.4 is 14.2 Å². The monoisotopic (exact) mass is 502 g/mol. The minimum atomic E-state index is -0.597. The maximum absolute atomic E-state index is 13.6. The van der Waals surface area contributed by atoms with E-state index in [9.17, 15) is 9.59 Å². The van der Waals surface area contributed by atoms with Crippen LogP contribution in [0.2, 0.25) is 0 Å². The molecular weight excluding hydrogens is 480 g/mol. The fourth-order valence-electron chi connectivity index (χ4n) is 4.42. The van der Waals surface area contributed by atoms with Gasteiger partial charge in [-0.05, 0) is 48.9 Å². The molecule has 0 saturated carbocycles. The summed E-state index contributed by atoms with van der Waals surface area (Å²) in [5.74, 6) is 0.998. The van der Waals surface area contributed by atoms with E-state index in [2.05, 4.69) is 0 Å². The molecule has 6 heteroatoms. The molecule has 0 unspecified atom stereocenters. The average molecular weight is 503 g/mol. The predicted molar refractivity (Wildman–Crippen MR) is 144 cm³/mol. The van der Waals surface area contributed by atoms with Crippen molar-refractivity contribution in [2.75, 3.05) is 6.61 Å². The van der Waals surface area contributed by atoms with Gasteiger partial charge < -0.3 is 18.6 Å². The Hall–Kier alpha value is -5.10. The van der Waals surface area contributed by atoms with Crippen molar-refractivity contribution in [3.8, 4) is 28.6 Å². The average Bonchev–Trinajstić information content (AvgIpc) is 3.47. The SMILES string of the molecule is CCOc1ccc2oc(-c3ccccc3)c(C(=O)Oc3ccc4c(c3)O/C(=C\c3ccccc3)C4=O)c2c1. The van der Waals surface area contributed by atoms with Gasteiger partial charge in [-0.1, -0.05) is 60.7 Å². The third kappa shape index (κ3) is 4.33. The third-order valence-corrected chi connectivity index (χ3v) is 6.16. The number of ketones is 1. The number of Topliss-reactive ketones (excluding diaryl/α,β-unsaturated/α-hetero) is 1. The molecule has 1 aliphatic rings. The van der Waals surface area contributed by atoms with E-state index in [1.807, 2.05) is 67.6 Å². The van der Waals surface area contributed by atoms with Gasteiger partial charge in [-0.3, -0.25) is 4.79 Å². The third-order valence-electron chi connectivity index (χ3n) is 6.16. The fourth-order valence-corrected chi connectivity index (χ4v) is 4.42. The van der Waals surface area contributed by atoms with Crippen molar-refractivity contribution in [1.29, 1.82) is 0 Å². The lowest BCUT2D eigenvalue weighted by molar-refractivity contribution is 0.0736. The predicted octanol–water partition coefficient (Wildman–Crippen LogP) is 7.33. The summed E-state index contributed by atoms with van der Waals surface area (Å²) in [5, 5.41) is 0.584. The molecular formula is C32H22O6. The number of carbonyl (C=O) groups excluding carboxylic acids is 2. The molecule has 0 spiro atoms. The van der Waals surface area contributed by atoms with Crippen LogP contribution in [-0.2, 0) is 0 Å². The van der Waals surface area contributed by atoms with Crippen molar-refractivity contribution in [3.05, 3.63) is 120 Å². The molecule has 0 radical (unpaired) electrons. The van der Waals surface area contributed by atoms with Crippen molar-refractivity contribution in [1.82, 2.24) is 0 Å². The lowest BCUT2D eigenvalue weighted by Crippen LogP contribution is -2.09. The van der Waals surface area contributed by atoms with Crippen molar-refractivity contribution < 1.29 is 28.2 Å². The van der Waals surface area contributed by atoms with Gasteiger partial charge >= 0.3 is 5.97 Å². The minimum absolute atomic E-state index is 0.213. The molecule has 5 aromatic rings. The normalized spacial score (nSPS) is 13.4. The van der Waals surface area contributed by atoms with Gasteiger partial charge in [0, 0.05) is 17.0 Å². The first-order chi connectivity index (χ1) is 18.6. The second-order valence-electron chi connectivity index (χ2n) is 8.66. The Balaban J connectivity index is 1.34. The van der Waals surface area contributed by atoms with Crippen LogP contribution in [0.1, 0.15) is 33.2 Å². The lowest BCUT2D eigenvalue weighted by atomic mass is 10.1. The van der Waals surface area contributed by atoms with Crippen LogP contribution in [0.25, 0.3) is 28.4 Å². The van der Waals surface area contributed by atoms with Crippen LogP contribution in [-0.4, -0.2) is 18.4 Å². The first-order valence-electron chi connectivity index (χ1n) is 12.2. The number of rotatable bonds is 6. The standard InChI is InChI=1S/C32H22O6/c1-2-35-22-14-16-26-25(18-22)29(31(38-26)21-11-7-4-8-12-21)32(34)36-23-13-15-24-27(19-23)37-28(30(24)33)17-20-9-5-3-6-10-20/h3-19H,2H2,1H3/b28-17-. The summed E-state index contributed by atoms with van der Waals surface area (Å²) in [6, 6.07) is 28.9. The molecule has 0 amide bonds. The van der Waals surface area contributed by atoms with E-state index >= 15 is 0 Å². The summed E-state index contributed by atoms with van der Waals surface area (Å²) in [6.45, 7) is 2.38. The van der Waals surface area contributed by atoms with Gasteiger partial charge in [-0.25, -0.2) is 4.79 Å². The highest BCUT2D eigenvalue weighted by atomic mass is 16.5. The summed E-state index contributed by atoms with van der Waals surface area (Å²) in [5.41, 5.74) is 2.83. The second-order valence-corrected chi connectivity index (χ2v) is 8.66. The lowest BCUT2D eigenvalue weighted by Gasteiger charge is -2.07. The number of hydrogen-bond donors (Lipinski definition) is 0. The smallest absolute Gasteiger partial charge is 0.348 e. The zero-order chi connectivity index (χ0) is 26.1. The van der Waals surface area contributed by atoms with Crippen molar-refractivity contribution >= 4 is 28.8 Å². The molecule has 6 nitrogen and oxygen atoms in total. The first kappa shape index (κ1) is 23.3. The van der Waals surface area contributed by atoms with E-state index < -0.39 is 5.97 Å². The number of ether oxygens (including phenoxy) is 3. The summed E-state index contributed by atoms with van der Waals surface area (Å²) in [4.78, 5) is 26.4. The molecule has 38 heavy (non-hydrogen) atoms. The van der Waals surface area contributed by atoms with Gasteiger partial charge in [-0.2, -0.15) is 0 Å². The molecule has 2 heterocycles. The van der Waals surface area contributed by atoms with Crippen LogP contribution in [0.5, 0.6) is 17.2 Å². The molecule has 0 bridgehead atoms. The minimum Gasteiger partial charge on any atom is -0.494 e. The highest BCUT2D eigenvalue weighted by Gasteiger charge is 2.29. The van der Waals surface area contributed by atoms with Crippen molar-refractivity contribution in [2.24, 2.45) is 0 Å². The number of allylic oxidation sites excluding steroid dienone is 1. The molecule has 0 saturated heterocycles. The Kier molecular flexibility index (Phi) is 5.98. The summed E-state index contributed by atoms with van der Waals surface area (Å²) >= 11 is 0. The molecule has 0 N–H and O–H groups in total. The molecule has 186 valence electrons. The van der Waals surface area contributed by atoms with Crippen LogP contribution in [0, 0.1) is 0 Å². The van der Waals surface area contributed by atoms with Crippen molar-refractivity contribution in [2.45, 2.75) is 6.92 Å². The number of fused-ring (bicyclic) bond motifs is 2. The van der Waals surface area contributed by atoms with Gasteiger partial charge in [0.25, 0.3) is 0 Å². The first-order valence-corrected chi connectivity index (χ1v) is 12.2. The molecule has 0 fully saturated rings. The van der Waals surface area contributed by atoms with E-state index in [4.69, 9.17) is 18.6 Å². The molecule has 0 aliphatic carbocycles. The zero-order valence-corrected chi connectivity index (χ0v) is 20.5. The number of furan rings is 1. The maximum Gasteiger partial charge on any atom is 0.348 e. The number of esters is 1. The Morgan fingerprint density at radius 3 is 2.37 bits per heavy atom. The topological polar surface area (TPSA) is 75.0 Å². The number of carbonyl (C=O) groups is 2. The van der Waals surface area contributed by atoms with E-state index in [0.29, 0.717) is 40.4 Å². The second kappa shape index (κ2) is 9.75. The van der Waals surface area contributed by atoms with Gasteiger partial charge in [-0.15, -0.1) is 0 Å². The van der Waals surface area contributed by atoms with E-state index in [0.717, 1.165) is 11.1 Å². The van der Waals surface area contributed by atoms with Gasteiger partial charge in [0.1, 0.15) is 34.2 Å². The molecule has 1 aromatic heterocycles. The summed E-state index contributed by atoms with van der Waals surface area (Å²) in [6.07, 6.45) is 1.69. The molecule has 0 atom stereocenters. The van der Waals surface area contributed by atoms with Gasteiger partial charge in [0.15, 0.2) is 5.76 Å². The number of benzene rings is 4. The van der Waals surface area contributed by atoms with E-state index in [1.54, 1.807) is 42.5 Å². The van der Waals surface area contributed by atoms with Crippen molar-refractivity contribution in [3.63, 3.8) is 0 Å². The van der Waals surface area contributed by atoms with Crippen LogP contribution in [0.3, 0.4) is 0 Å². The Morgan fingerprint density at radius 1 is 0.868 bits per heavy atom.